The molecule has 0 saturated heterocycles. The van der Waals surface area contributed by atoms with Crippen LogP contribution in [0.5, 0.6) is 17.2 Å². The number of esters is 4. The van der Waals surface area contributed by atoms with E-state index in [0.717, 1.165) is 26.4 Å². The summed E-state index contributed by atoms with van der Waals surface area (Å²) in [7, 11) is 4.55. The third-order valence-electron chi connectivity index (χ3n) is 5.09. The van der Waals surface area contributed by atoms with Crippen molar-refractivity contribution >= 4 is 35.3 Å². The summed E-state index contributed by atoms with van der Waals surface area (Å²) in [6.45, 7) is -0.952. The number of carbonyl (C=O) groups excluding carboxylic acids is 4. The Morgan fingerprint density at radius 3 is 1.92 bits per heavy atom. The maximum Gasteiger partial charge on any atom is 0.340 e. The molecule has 2 rings (SSSR count). The van der Waals surface area contributed by atoms with Crippen LogP contribution in [0.4, 0.5) is 15.8 Å². The first-order chi connectivity index (χ1) is 18.6. The minimum atomic E-state index is -1.53. The number of nitrogens with one attached hydrogen (secondary N) is 1. The maximum absolute atomic E-state index is 13.9. The highest BCUT2D eigenvalue weighted by Gasteiger charge is 2.29. The van der Waals surface area contributed by atoms with Gasteiger partial charge in [0.1, 0.15) is 49.4 Å². The molecule has 212 valence electrons. The second-order valence-electron chi connectivity index (χ2n) is 7.62. The number of ether oxygens (including phenoxy) is 6. The van der Waals surface area contributed by atoms with Crippen molar-refractivity contribution in [3.05, 3.63) is 42.2 Å². The number of carbonyl (C=O) groups is 4. The predicted octanol–water partition coefficient (Wildman–Crippen LogP) is 1.27. The standard InChI is InChI=1S/C25H29FN2O11/c1-34-21(30)13-28(14-22(31)35-2)18-12-16(29)6-8-19(18)38-9-10-39-20-11-15(26)5-7-17(20)27-23(24(32)36-3)25(33)37-4/h5-8,11-12,23,27,29H,9-10,13-14H2,1-4H3. The smallest absolute Gasteiger partial charge is 0.340 e. The van der Waals surface area contributed by atoms with Gasteiger partial charge in [-0.25, -0.2) is 14.0 Å². The molecule has 0 fully saturated rings. The summed E-state index contributed by atoms with van der Waals surface area (Å²) in [5, 5.41) is 12.6. The SMILES string of the molecule is COC(=O)CN(CC(=O)OC)c1cc(O)ccc1OCCOc1cc(F)ccc1NC(C(=O)OC)C(=O)OC. The number of anilines is 2. The van der Waals surface area contributed by atoms with Crippen molar-refractivity contribution in [2.45, 2.75) is 6.04 Å². The summed E-state index contributed by atoms with van der Waals surface area (Å²) in [6.07, 6.45) is 0. The Morgan fingerprint density at radius 2 is 1.38 bits per heavy atom. The molecule has 0 unspecified atom stereocenters. The summed E-state index contributed by atoms with van der Waals surface area (Å²) in [5.74, 6) is -3.83. The first-order valence-electron chi connectivity index (χ1n) is 11.3. The molecule has 0 radical (unpaired) electrons. The fourth-order valence-electron chi connectivity index (χ4n) is 3.19. The van der Waals surface area contributed by atoms with E-state index in [2.05, 4.69) is 24.3 Å². The van der Waals surface area contributed by atoms with Crippen molar-refractivity contribution < 1.29 is 57.1 Å². The van der Waals surface area contributed by atoms with Gasteiger partial charge in [0.25, 0.3) is 0 Å². The fraction of sp³-hybridized carbons (Fsp3) is 0.360. The molecule has 13 nitrogen and oxygen atoms in total. The van der Waals surface area contributed by atoms with Crippen LogP contribution in [0.25, 0.3) is 0 Å². The molecule has 0 spiro atoms. The van der Waals surface area contributed by atoms with Gasteiger partial charge in [0.2, 0.25) is 6.04 Å². The third kappa shape index (κ3) is 8.94. The third-order valence-corrected chi connectivity index (χ3v) is 5.09. The number of methoxy groups -OCH3 is 4. The molecule has 2 aromatic carbocycles. The second kappa shape index (κ2) is 14.9. The van der Waals surface area contributed by atoms with Crippen LogP contribution < -0.4 is 19.7 Å². The number of hydrogen-bond acceptors (Lipinski definition) is 13. The Kier molecular flexibility index (Phi) is 11.6. The summed E-state index contributed by atoms with van der Waals surface area (Å²) in [6, 6.07) is 5.91. The van der Waals surface area contributed by atoms with E-state index in [9.17, 15) is 28.7 Å². The Hall–Kier alpha value is -4.75. The van der Waals surface area contributed by atoms with Crippen molar-refractivity contribution in [2.24, 2.45) is 0 Å². The van der Waals surface area contributed by atoms with Gasteiger partial charge in [0, 0.05) is 12.1 Å². The minimum Gasteiger partial charge on any atom is -0.508 e. The van der Waals surface area contributed by atoms with Crippen molar-refractivity contribution in [1.29, 1.82) is 0 Å². The number of rotatable bonds is 14. The minimum absolute atomic E-state index is 0.0413. The molecule has 0 bridgehead atoms. The maximum atomic E-state index is 13.9. The molecule has 0 amide bonds. The zero-order valence-corrected chi connectivity index (χ0v) is 21.7. The molecule has 14 heteroatoms. The topological polar surface area (TPSA) is 159 Å². The molecular weight excluding hydrogens is 523 g/mol. The van der Waals surface area contributed by atoms with Gasteiger partial charge in [-0.2, -0.15) is 0 Å². The molecule has 2 N–H and O–H groups in total. The van der Waals surface area contributed by atoms with E-state index in [-0.39, 0.29) is 54.9 Å². The average molecular weight is 553 g/mol. The van der Waals surface area contributed by atoms with Crippen molar-refractivity contribution in [3.8, 4) is 17.2 Å². The second-order valence-corrected chi connectivity index (χ2v) is 7.62. The number of phenolic OH excluding ortho intramolecular Hbond substituents is 1. The van der Waals surface area contributed by atoms with Crippen molar-refractivity contribution in [3.63, 3.8) is 0 Å². The van der Waals surface area contributed by atoms with Crippen LogP contribution in [0.3, 0.4) is 0 Å². The number of nitrogens with zero attached hydrogens (tertiary/aromatic N) is 1. The van der Waals surface area contributed by atoms with E-state index in [1.807, 2.05) is 0 Å². The lowest BCUT2D eigenvalue weighted by molar-refractivity contribution is -0.153. The summed E-state index contributed by atoms with van der Waals surface area (Å²) < 4.78 is 43.8. The Balaban J connectivity index is 2.19. The largest absolute Gasteiger partial charge is 0.508 e. The molecule has 0 aliphatic carbocycles. The highest BCUT2D eigenvalue weighted by atomic mass is 19.1. The molecule has 0 saturated carbocycles. The number of halogens is 1. The van der Waals surface area contributed by atoms with Crippen LogP contribution >= 0.6 is 0 Å². The number of aromatic hydroxyl groups is 1. The van der Waals surface area contributed by atoms with Gasteiger partial charge in [-0.15, -0.1) is 0 Å². The Labute approximate surface area is 223 Å². The molecule has 0 aliphatic heterocycles. The van der Waals surface area contributed by atoms with Gasteiger partial charge < -0.3 is 43.7 Å². The van der Waals surface area contributed by atoms with Gasteiger partial charge >= 0.3 is 23.9 Å². The zero-order chi connectivity index (χ0) is 28.9. The van der Waals surface area contributed by atoms with Gasteiger partial charge in [-0.3, -0.25) is 9.59 Å². The van der Waals surface area contributed by atoms with Gasteiger partial charge in [-0.1, -0.05) is 0 Å². The van der Waals surface area contributed by atoms with Crippen LogP contribution in [0, 0.1) is 5.82 Å². The lowest BCUT2D eigenvalue weighted by atomic mass is 10.2. The van der Waals surface area contributed by atoms with E-state index in [0.29, 0.717) is 0 Å². The highest BCUT2D eigenvalue weighted by Crippen LogP contribution is 2.32. The van der Waals surface area contributed by atoms with Crippen molar-refractivity contribution in [2.75, 3.05) is 65.0 Å². The molecule has 39 heavy (non-hydrogen) atoms. The van der Waals surface area contributed by atoms with Gasteiger partial charge in [-0.05, 0) is 24.3 Å². The number of phenols is 1. The molecule has 0 aromatic heterocycles. The van der Waals surface area contributed by atoms with Gasteiger partial charge in [0.15, 0.2) is 0 Å². The van der Waals surface area contributed by atoms with E-state index in [1.54, 1.807) is 0 Å². The molecular formula is C25H29FN2O11. The van der Waals surface area contributed by atoms with Crippen LogP contribution in [0.1, 0.15) is 0 Å². The van der Waals surface area contributed by atoms with E-state index < -0.39 is 35.7 Å². The lowest BCUT2D eigenvalue weighted by Crippen LogP contribution is -2.39. The zero-order valence-electron chi connectivity index (χ0n) is 21.7. The number of hydrogen-bond donors (Lipinski definition) is 2. The van der Waals surface area contributed by atoms with Crippen LogP contribution in [0.15, 0.2) is 36.4 Å². The van der Waals surface area contributed by atoms with E-state index in [4.69, 9.17) is 9.47 Å². The molecule has 0 atom stereocenters. The first kappa shape index (κ1) is 30.5. The molecule has 0 aliphatic rings. The summed E-state index contributed by atoms with van der Waals surface area (Å²) in [4.78, 5) is 49.1. The lowest BCUT2D eigenvalue weighted by Gasteiger charge is -2.25. The van der Waals surface area contributed by atoms with E-state index >= 15 is 0 Å². The Morgan fingerprint density at radius 1 is 0.821 bits per heavy atom. The van der Waals surface area contributed by atoms with Crippen LogP contribution in [-0.4, -0.2) is 89.8 Å². The predicted molar refractivity (Wildman–Crippen MR) is 133 cm³/mol. The quantitative estimate of drug-likeness (QED) is 0.149. The monoisotopic (exact) mass is 552 g/mol. The Bertz CT molecular complexity index is 1140. The summed E-state index contributed by atoms with van der Waals surface area (Å²) in [5.41, 5.74) is 0.294. The van der Waals surface area contributed by atoms with Crippen molar-refractivity contribution in [1.82, 2.24) is 0 Å². The van der Waals surface area contributed by atoms with E-state index in [1.165, 1.54) is 43.4 Å². The average Bonchev–Trinajstić information content (AvgIpc) is 2.93. The molecule has 2 aromatic rings. The van der Waals surface area contributed by atoms with Crippen LogP contribution in [-0.2, 0) is 38.1 Å². The normalized spacial score (nSPS) is 10.3. The first-order valence-corrected chi connectivity index (χ1v) is 11.3. The van der Waals surface area contributed by atoms with Crippen LogP contribution in [0.2, 0.25) is 0 Å². The fourth-order valence-corrected chi connectivity index (χ4v) is 3.19. The highest BCUT2D eigenvalue weighted by molar-refractivity contribution is 6.02. The number of benzene rings is 2. The summed E-state index contributed by atoms with van der Waals surface area (Å²) >= 11 is 0. The molecule has 0 heterocycles. The van der Waals surface area contributed by atoms with Gasteiger partial charge in [0.05, 0.1) is 39.8 Å².